The number of piperidine rings is 1. The monoisotopic (exact) mass is 484 g/mol. The van der Waals surface area contributed by atoms with Crippen LogP contribution >= 0.6 is 11.6 Å². The van der Waals surface area contributed by atoms with Crippen LogP contribution in [-0.2, 0) is 12.1 Å². The Hall–Kier alpha value is -2.58. The van der Waals surface area contributed by atoms with E-state index in [9.17, 15) is 9.59 Å². The first kappa shape index (κ1) is 23.2. The molecule has 2 aromatic rings. The maximum Gasteiger partial charge on any atom is 0.321 e. The molecule has 9 heteroatoms. The number of rotatable bonds is 4. The fraction of sp³-hybridized carbons (Fsp3) is 0.560. The van der Waals surface area contributed by atoms with Crippen molar-refractivity contribution < 1.29 is 9.59 Å². The SMILES string of the molecule is CC1(C)c2[nH]nc(NC(=O)c3ccc(Cl)cc3)c2CN1C(=O)N1CCC(CN2CCCC2)CC1. The van der Waals surface area contributed by atoms with Gasteiger partial charge in [0.15, 0.2) is 5.82 Å². The quantitative estimate of drug-likeness (QED) is 0.677. The highest BCUT2D eigenvalue weighted by Gasteiger charge is 2.45. The molecule has 182 valence electrons. The summed E-state index contributed by atoms with van der Waals surface area (Å²) in [5, 5.41) is 10.9. The van der Waals surface area contributed by atoms with E-state index in [0.29, 0.717) is 28.9 Å². The number of anilines is 1. The van der Waals surface area contributed by atoms with Crippen molar-refractivity contribution in [1.82, 2.24) is 24.9 Å². The van der Waals surface area contributed by atoms with Gasteiger partial charge in [0.25, 0.3) is 5.91 Å². The van der Waals surface area contributed by atoms with Gasteiger partial charge < -0.3 is 20.0 Å². The lowest BCUT2D eigenvalue weighted by Crippen LogP contribution is -2.51. The molecule has 34 heavy (non-hydrogen) atoms. The van der Waals surface area contributed by atoms with Gasteiger partial charge >= 0.3 is 6.03 Å². The van der Waals surface area contributed by atoms with E-state index in [-0.39, 0.29) is 11.9 Å². The minimum Gasteiger partial charge on any atom is -0.325 e. The lowest BCUT2D eigenvalue weighted by Gasteiger charge is -2.39. The Morgan fingerprint density at radius 3 is 2.47 bits per heavy atom. The van der Waals surface area contributed by atoms with Gasteiger partial charge in [-0.15, -0.1) is 0 Å². The van der Waals surface area contributed by atoms with Crippen molar-refractivity contribution in [1.29, 1.82) is 0 Å². The number of carbonyl (C=O) groups is 2. The third-order valence-corrected chi connectivity index (χ3v) is 7.89. The number of benzene rings is 1. The van der Waals surface area contributed by atoms with Crippen LogP contribution in [0.15, 0.2) is 24.3 Å². The summed E-state index contributed by atoms with van der Waals surface area (Å²) < 4.78 is 0. The van der Waals surface area contributed by atoms with Gasteiger partial charge in [0.2, 0.25) is 0 Å². The average Bonchev–Trinajstić information content (AvgIpc) is 3.53. The van der Waals surface area contributed by atoms with Gasteiger partial charge in [0.05, 0.1) is 17.8 Å². The van der Waals surface area contributed by atoms with Crippen molar-refractivity contribution in [2.75, 3.05) is 38.0 Å². The summed E-state index contributed by atoms with van der Waals surface area (Å²) in [6, 6.07) is 6.78. The molecule has 2 N–H and O–H groups in total. The van der Waals surface area contributed by atoms with Gasteiger partial charge in [-0.1, -0.05) is 11.6 Å². The van der Waals surface area contributed by atoms with E-state index in [1.54, 1.807) is 24.3 Å². The molecule has 4 heterocycles. The zero-order valence-electron chi connectivity index (χ0n) is 19.9. The van der Waals surface area contributed by atoms with Crippen molar-refractivity contribution in [2.45, 2.75) is 51.6 Å². The maximum absolute atomic E-state index is 13.5. The number of aromatic nitrogens is 2. The molecule has 5 rings (SSSR count). The van der Waals surface area contributed by atoms with E-state index in [0.717, 1.165) is 37.2 Å². The van der Waals surface area contributed by atoms with Gasteiger partial charge in [-0.3, -0.25) is 9.89 Å². The van der Waals surface area contributed by atoms with Crippen LogP contribution in [0.3, 0.4) is 0 Å². The van der Waals surface area contributed by atoms with Crippen LogP contribution < -0.4 is 5.32 Å². The summed E-state index contributed by atoms with van der Waals surface area (Å²) in [7, 11) is 0. The van der Waals surface area contributed by atoms with Crippen molar-refractivity contribution in [3.05, 3.63) is 46.1 Å². The third kappa shape index (κ3) is 4.41. The summed E-state index contributed by atoms with van der Waals surface area (Å²) in [6.07, 6.45) is 4.76. The summed E-state index contributed by atoms with van der Waals surface area (Å²) in [4.78, 5) is 32.7. The largest absolute Gasteiger partial charge is 0.325 e. The molecule has 0 radical (unpaired) electrons. The summed E-state index contributed by atoms with van der Waals surface area (Å²) in [5.41, 5.74) is 1.71. The lowest BCUT2D eigenvalue weighted by molar-refractivity contribution is 0.0896. The number of fused-ring (bicyclic) bond motifs is 1. The number of nitrogens with one attached hydrogen (secondary N) is 2. The molecule has 3 aliphatic rings. The highest BCUT2D eigenvalue weighted by Crippen LogP contribution is 2.41. The Morgan fingerprint density at radius 1 is 1.12 bits per heavy atom. The molecule has 0 bridgehead atoms. The van der Waals surface area contributed by atoms with E-state index >= 15 is 0 Å². The second-order valence-corrected chi connectivity index (χ2v) is 10.7. The number of carbonyl (C=O) groups excluding carboxylic acids is 2. The van der Waals surface area contributed by atoms with Crippen LogP contribution in [-0.4, -0.2) is 69.6 Å². The summed E-state index contributed by atoms with van der Waals surface area (Å²) in [5.74, 6) is 0.900. The molecule has 3 amide bonds. The first-order chi connectivity index (χ1) is 16.3. The number of hydrogen-bond acceptors (Lipinski definition) is 4. The third-order valence-electron chi connectivity index (χ3n) is 7.64. The molecule has 2 saturated heterocycles. The molecule has 0 saturated carbocycles. The Bertz CT molecular complexity index is 1050. The molecule has 0 unspecified atom stereocenters. The molecule has 8 nitrogen and oxygen atoms in total. The van der Waals surface area contributed by atoms with Crippen LogP contribution in [0.5, 0.6) is 0 Å². The normalized spacial score (nSPS) is 20.6. The Balaban J connectivity index is 1.23. The number of halogens is 1. The molecule has 0 spiro atoms. The molecule has 1 aromatic heterocycles. The molecule has 3 aliphatic heterocycles. The second kappa shape index (κ2) is 9.23. The van der Waals surface area contributed by atoms with Gasteiger partial charge in [-0.2, -0.15) is 5.10 Å². The van der Waals surface area contributed by atoms with Crippen molar-refractivity contribution in [2.24, 2.45) is 5.92 Å². The molecular weight excluding hydrogens is 452 g/mol. The van der Waals surface area contributed by atoms with E-state index in [4.69, 9.17) is 11.6 Å². The number of nitrogens with zero attached hydrogens (tertiary/aromatic N) is 4. The van der Waals surface area contributed by atoms with Crippen molar-refractivity contribution >= 4 is 29.4 Å². The van der Waals surface area contributed by atoms with Crippen LogP contribution in [0.25, 0.3) is 0 Å². The molecular formula is C25H33ClN6O2. The number of likely N-dealkylation sites (tertiary alicyclic amines) is 2. The van der Waals surface area contributed by atoms with E-state index in [1.165, 1.54) is 32.5 Å². The van der Waals surface area contributed by atoms with Gasteiger partial charge in [0, 0.05) is 35.8 Å². The standard InChI is InChI=1S/C25H33ClN6O2/c1-25(2)21-20(22(29-28-21)27-23(33)18-5-7-19(26)8-6-18)16-32(25)24(34)31-13-9-17(10-14-31)15-30-11-3-4-12-30/h5-8,17H,3-4,9-16H2,1-2H3,(H2,27,28,29,33). The van der Waals surface area contributed by atoms with Crippen molar-refractivity contribution in [3.8, 4) is 0 Å². The van der Waals surface area contributed by atoms with Crippen molar-refractivity contribution in [3.63, 3.8) is 0 Å². The summed E-state index contributed by atoms with van der Waals surface area (Å²) in [6.45, 7) is 9.70. The molecule has 0 atom stereocenters. The van der Waals surface area contributed by atoms with Crippen LogP contribution in [0.1, 0.15) is 61.1 Å². The Kier molecular flexibility index (Phi) is 6.29. The van der Waals surface area contributed by atoms with E-state index in [2.05, 4.69) is 20.4 Å². The van der Waals surface area contributed by atoms with Crippen LogP contribution in [0.2, 0.25) is 5.02 Å². The van der Waals surface area contributed by atoms with Gasteiger partial charge in [-0.05, 0) is 82.8 Å². The number of urea groups is 1. The maximum atomic E-state index is 13.5. The number of hydrogen-bond donors (Lipinski definition) is 2. The lowest BCUT2D eigenvalue weighted by atomic mass is 9.96. The molecule has 0 aliphatic carbocycles. The predicted molar refractivity (Wildman–Crippen MR) is 132 cm³/mol. The first-order valence-corrected chi connectivity index (χ1v) is 12.6. The first-order valence-electron chi connectivity index (χ1n) is 12.3. The van der Waals surface area contributed by atoms with Gasteiger partial charge in [0.1, 0.15) is 0 Å². The molecule has 2 fully saturated rings. The van der Waals surface area contributed by atoms with Crippen LogP contribution in [0.4, 0.5) is 10.6 Å². The van der Waals surface area contributed by atoms with Crippen LogP contribution in [0, 0.1) is 5.92 Å². The minimum absolute atomic E-state index is 0.0594. The minimum atomic E-state index is -0.533. The number of aromatic amines is 1. The van der Waals surface area contributed by atoms with Gasteiger partial charge in [-0.25, -0.2) is 4.79 Å². The zero-order chi connectivity index (χ0) is 23.9. The fourth-order valence-electron chi connectivity index (χ4n) is 5.51. The average molecular weight is 485 g/mol. The molecule has 1 aromatic carbocycles. The smallest absolute Gasteiger partial charge is 0.321 e. The fourth-order valence-corrected chi connectivity index (χ4v) is 5.64. The summed E-state index contributed by atoms with van der Waals surface area (Å²) >= 11 is 5.93. The zero-order valence-corrected chi connectivity index (χ0v) is 20.7. The predicted octanol–water partition coefficient (Wildman–Crippen LogP) is 4.29. The number of H-pyrrole nitrogens is 1. The topological polar surface area (TPSA) is 84.6 Å². The Labute approximate surface area is 205 Å². The van der Waals surface area contributed by atoms with E-state index < -0.39 is 5.54 Å². The highest BCUT2D eigenvalue weighted by molar-refractivity contribution is 6.30. The number of amides is 3. The Morgan fingerprint density at radius 2 is 1.79 bits per heavy atom. The highest BCUT2D eigenvalue weighted by atomic mass is 35.5. The van der Waals surface area contributed by atoms with E-state index in [1.807, 2.05) is 23.6 Å². The second-order valence-electron chi connectivity index (χ2n) is 10.3.